The zero-order valence-electron chi connectivity index (χ0n) is 21.7. The third kappa shape index (κ3) is 4.58. The molecule has 0 aromatic heterocycles. The fraction of sp³-hybridized carbons (Fsp3) is 0.267. The van der Waals surface area contributed by atoms with Crippen molar-refractivity contribution < 1.29 is 24.5 Å². The van der Waals surface area contributed by atoms with Gasteiger partial charge in [0.05, 0.1) is 23.7 Å². The summed E-state index contributed by atoms with van der Waals surface area (Å²) in [5.74, 6) is -1.18. The number of methoxy groups -OCH3 is 1. The first-order chi connectivity index (χ1) is 17.5. The first-order valence-electron chi connectivity index (χ1n) is 12.0. The van der Waals surface area contributed by atoms with Gasteiger partial charge in [0, 0.05) is 11.3 Å². The van der Waals surface area contributed by atoms with Crippen LogP contribution in [0.1, 0.15) is 59.2 Å². The number of Topliss-reactive ketones (excluding diaryl/α,β-unsaturated/α-hetero) is 1. The van der Waals surface area contributed by atoms with E-state index in [0.717, 1.165) is 16.7 Å². The van der Waals surface area contributed by atoms with Crippen LogP contribution in [0.5, 0.6) is 11.5 Å². The average molecular weight is 520 g/mol. The number of phenols is 1. The van der Waals surface area contributed by atoms with Gasteiger partial charge in [0.15, 0.2) is 0 Å². The fourth-order valence-corrected chi connectivity index (χ4v) is 4.90. The number of ether oxygens (including phenoxy) is 1. The topological polar surface area (TPSA) is 87.1 Å². The molecule has 1 aliphatic rings. The van der Waals surface area contributed by atoms with Crippen LogP contribution in [0.25, 0.3) is 5.76 Å². The lowest BCUT2D eigenvalue weighted by Gasteiger charge is -2.26. The Bertz CT molecular complexity index is 1460. The molecule has 2 N–H and O–H groups in total. The Labute approximate surface area is 221 Å². The van der Waals surface area contributed by atoms with Crippen LogP contribution in [0.3, 0.4) is 0 Å². The summed E-state index contributed by atoms with van der Waals surface area (Å²) < 4.78 is 5.53. The molecule has 1 fully saturated rings. The summed E-state index contributed by atoms with van der Waals surface area (Å²) in [6, 6.07) is 12.7. The molecule has 0 saturated carbocycles. The smallest absolute Gasteiger partial charge is 0.300 e. The maximum atomic E-state index is 13.5. The molecule has 3 aromatic carbocycles. The van der Waals surface area contributed by atoms with Crippen molar-refractivity contribution in [3.05, 3.63) is 92.5 Å². The number of nitrogens with zero attached hydrogens (tertiary/aromatic N) is 1. The molecule has 6 nitrogen and oxygen atoms in total. The molecular weight excluding hydrogens is 490 g/mol. The molecule has 37 heavy (non-hydrogen) atoms. The minimum absolute atomic E-state index is 0.0482. The Balaban J connectivity index is 2.01. The Hall–Kier alpha value is -3.77. The Morgan fingerprint density at radius 2 is 1.68 bits per heavy atom. The lowest BCUT2D eigenvalue weighted by molar-refractivity contribution is -0.132. The molecule has 1 heterocycles. The van der Waals surface area contributed by atoms with Gasteiger partial charge in [-0.1, -0.05) is 37.6 Å². The highest BCUT2D eigenvalue weighted by Gasteiger charge is 2.47. The van der Waals surface area contributed by atoms with Gasteiger partial charge in [-0.2, -0.15) is 0 Å². The van der Waals surface area contributed by atoms with E-state index in [1.54, 1.807) is 25.3 Å². The number of phenolic OH excluding ortho intramolecular Hbond substituents is 1. The minimum atomic E-state index is -0.954. The van der Waals surface area contributed by atoms with Crippen molar-refractivity contribution in [2.75, 3.05) is 12.0 Å². The molecule has 1 amide bonds. The van der Waals surface area contributed by atoms with Crippen LogP contribution in [-0.2, 0) is 9.59 Å². The van der Waals surface area contributed by atoms with E-state index in [9.17, 15) is 19.8 Å². The molecule has 192 valence electrons. The maximum absolute atomic E-state index is 13.5. The summed E-state index contributed by atoms with van der Waals surface area (Å²) in [7, 11) is 1.59. The van der Waals surface area contributed by atoms with Gasteiger partial charge in [0.25, 0.3) is 11.7 Å². The second-order valence-electron chi connectivity index (χ2n) is 9.71. The number of aliphatic hydroxyl groups is 1. The summed E-state index contributed by atoms with van der Waals surface area (Å²) in [4.78, 5) is 28.4. The number of amides is 1. The van der Waals surface area contributed by atoms with E-state index in [2.05, 4.69) is 0 Å². The van der Waals surface area contributed by atoms with Crippen LogP contribution in [0.15, 0.2) is 54.1 Å². The highest BCUT2D eigenvalue weighted by molar-refractivity contribution is 6.51. The molecule has 4 rings (SSSR count). The van der Waals surface area contributed by atoms with Crippen LogP contribution < -0.4 is 9.64 Å². The number of benzene rings is 3. The number of hydrogen-bond donors (Lipinski definition) is 2. The molecule has 1 saturated heterocycles. The van der Waals surface area contributed by atoms with Gasteiger partial charge in [-0.3, -0.25) is 14.5 Å². The van der Waals surface area contributed by atoms with Crippen molar-refractivity contribution in [2.45, 2.75) is 46.6 Å². The first-order valence-corrected chi connectivity index (χ1v) is 12.4. The van der Waals surface area contributed by atoms with E-state index in [1.807, 2.05) is 52.8 Å². The normalized spacial score (nSPS) is 17.1. The Morgan fingerprint density at radius 1 is 0.973 bits per heavy atom. The second-order valence-corrected chi connectivity index (χ2v) is 10.1. The summed E-state index contributed by atoms with van der Waals surface area (Å²) in [6.07, 6.45) is 0. The molecule has 3 aromatic rings. The number of aliphatic hydroxyl groups excluding tert-OH is 1. The van der Waals surface area contributed by atoms with Crippen molar-refractivity contribution in [3.63, 3.8) is 0 Å². The van der Waals surface area contributed by atoms with Gasteiger partial charge >= 0.3 is 0 Å². The molecular formula is C30H30ClNO5. The van der Waals surface area contributed by atoms with Crippen molar-refractivity contribution >= 4 is 34.7 Å². The van der Waals surface area contributed by atoms with Crippen LogP contribution in [0, 0.1) is 20.8 Å². The standard InChI is InChI=1S/C30H30ClNO5/c1-15(2)21-14-22(18(5)12-25(21)37-6)28(34)26-27(19-8-10-24(33)23(31)13-19)32(30(36)29(26)35)20-9-7-16(3)17(4)11-20/h7-15,27,33-34H,1-6H3/b28-26+. The van der Waals surface area contributed by atoms with Gasteiger partial charge in [0.1, 0.15) is 17.3 Å². The number of carbonyl (C=O) groups is 2. The van der Waals surface area contributed by atoms with E-state index in [0.29, 0.717) is 28.1 Å². The predicted octanol–water partition coefficient (Wildman–Crippen LogP) is 6.73. The van der Waals surface area contributed by atoms with E-state index in [1.165, 1.54) is 17.0 Å². The van der Waals surface area contributed by atoms with Gasteiger partial charge in [-0.25, -0.2) is 0 Å². The minimum Gasteiger partial charge on any atom is -0.507 e. The van der Waals surface area contributed by atoms with Crippen LogP contribution in [0.2, 0.25) is 5.02 Å². The number of ketones is 1. The van der Waals surface area contributed by atoms with Crippen molar-refractivity contribution in [3.8, 4) is 11.5 Å². The van der Waals surface area contributed by atoms with Crippen molar-refractivity contribution in [2.24, 2.45) is 0 Å². The molecule has 1 unspecified atom stereocenters. The molecule has 0 bridgehead atoms. The van der Waals surface area contributed by atoms with E-state index < -0.39 is 17.7 Å². The predicted molar refractivity (Wildman–Crippen MR) is 146 cm³/mol. The highest BCUT2D eigenvalue weighted by atomic mass is 35.5. The van der Waals surface area contributed by atoms with Crippen molar-refractivity contribution in [1.29, 1.82) is 0 Å². The number of aryl methyl sites for hydroxylation is 3. The quantitative estimate of drug-likeness (QED) is 0.222. The van der Waals surface area contributed by atoms with Crippen LogP contribution in [0.4, 0.5) is 5.69 Å². The number of hydrogen-bond acceptors (Lipinski definition) is 5. The monoisotopic (exact) mass is 519 g/mol. The summed E-state index contributed by atoms with van der Waals surface area (Å²) in [6.45, 7) is 9.72. The first kappa shape index (κ1) is 26.3. The molecule has 1 aliphatic heterocycles. The summed E-state index contributed by atoms with van der Waals surface area (Å²) in [5, 5.41) is 21.7. The fourth-order valence-electron chi connectivity index (χ4n) is 4.71. The van der Waals surface area contributed by atoms with Crippen LogP contribution in [-0.4, -0.2) is 29.0 Å². The van der Waals surface area contributed by atoms with Gasteiger partial charge < -0.3 is 14.9 Å². The molecule has 1 atom stereocenters. The van der Waals surface area contributed by atoms with Crippen LogP contribution >= 0.6 is 11.6 Å². The molecule has 0 radical (unpaired) electrons. The summed E-state index contributed by atoms with van der Waals surface area (Å²) >= 11 is 6.23. The third-order valence-corrected chi connectivity index (χ3v) is 7.26. The SMILES string of the molecule is COc1cc(C)c(/C(O)=C2\C(=O)C(=O)N(c3ccc(C)c(C)c3)C2c2ccc(O)c(Cl)c2)cc1C(C)C. The van der Waals surface area contributed by atoms with Crippen molar-refractivity contribution in [1.82, 2.24) is 0 Å². The number of carbonyl (C=O) groups excluding carboxylic acids is 2. The number of halogens is 1. The lowest BCUT2D eigenvalue weighted by Crippen LogP contribution is -2.29. The Kier molecular flexibility index (Phi) is 7.07. The second kappa shape index (κ2) is 9.94. The number of anilines is 1. The van der Waals surface area contributed by atoms with Gasteiger partial charge in [-0.15, -0.1) is 0 Å². The molecule has 0 spiro atoms. The maximum Gasteiger partial charge on any atom is 0.300 e. The zero-order chi connectivity index (χ0) is 27.2. The molecule has 0 aliphatic carbocycles. The highest BCUT2D eigenvalue weighted by Crippen LogP contribution is 2.45. The summed E-state index contributed by atoms with van der Waals surface area (Å²) in [5.41, 5.74) is 4.95. The van der Waals surface area contributed by atoms with Gasteiger partial charge in [-0.05, 0) is 90.9 Å². The largest absolute Gasteiger partial charge is 0.507 e. The average Bonchev–Trinajstić information content (AvgIpc) is 3.12. The lowest BCUT2D eigenvalue weighted by atomic mass is 9.91. The Morgan fingerprint density at radius 3 is 2.27 bits per heavy atom. The third-order valence-electron chi connectivity index (χ3n) is 6.95. The molecule has 7 heteroatoms. The van der Waals surface area contributed by atoms with E-state index in [-0.39, 0.29) is 28.0 Å². The number of aromatic hydroxyl groups is 1. The van der Waals surface area contributed by atoms with E-state index in [4.69, 9.17) is 16.3 Å². The van der Waals surface area contributed by atoms with Gasteiger partial charge in [0.2, 0.25) is 0 Å². The van der Waals surface area contributed by atoms with E-state index >= 15 is 0 Å². The zero-order valence-corrected chi connectivity index (χ0v) is 22.5. The number of rotatable bonds is 5.